The first kappa shape index (κ1) is 12.3. The fourth-order valence-corrected chi connectivity index (χ4v) is 1.60. The predicted octanol–water partition coefficient (Wildman–Crippen LogP) is 2.72. The zero-order valence-corrected chi connectivity index (χ0v) is 10.2. The Hall–Kier alpha value is -0.790. The molecule has 0 saturated carbocycles. The summed E-state index contributed by atoms with van der Waals surface area (Å²) in [6.07, 6.45) is -2.62. The Morgan fingerprint density at radius 2 is 2.20 bits per heavy atom. The van der Waals surface area contributed by atoms with Gasteiger partial charge in [0.1, 0.15) is 9.39 Å². The first-order valence-electron chi connectivity index (χ1n) is 4.01. The van der Waals surface area contributed by atoms with Gasteiger partial charge in [0.15, 0.2) is 0 Å². The summed E-state index contributed by atoms with van der Waals surface area (Å²) >= 11 is 1.81. The van der Waals surface area contributed by atoms with Crippen molar-refractivity contribution in [3.63, 3.8) is 0 Å². The van der Waals surface area contributed by atoms with E-state index in [9.17, 15) is 13.6 Å². The van der Waals surface area contributed by atoms with Crippen LogP contribution in [0.4, 0.5) is 8.78 Å². The van der Waals surface area contributed by atoms with Crippen molar-refractivity contribution in [2.24, 2.45) is 0 Å². The van der Waals surface area contributed by atoms with Crippen molar-refractivity contribution >= 4 is 28.6 Å². The molecule has 0 aliphatic carbocycles. The number of aromatic nitrogens is 1. The van der Waals surface area contributed by atoms with E-state index in [2.05, 4.69) is 9.72 Å². The lowest BCUT2D eigenvalue weighted by atomic mass is 10.1. The van der Waals surface area contributed by atoms with E-state index in [-0.39, 0.29) is 11.3 Å². The molecule has 0 fully saturated rings. The van der Waals surface area contributed by atoms with Crippen LogP contribution >= 0.6 is 22.6 Å². The molecule has 3 nitrogen and oxygen atoms in total. The molecule has 0 aliphatic rings. The lowest BCUT2D eigenvalue weighted by molar-refractivity contribution is 0.0593. The third kappa shape index (κ3) is 2.61. The average Bonchev–Trinajstić information content (AvgIpc) is 2.20. The molecule has 0 aliphatic heterocycles. The molecule has 0 saturated heterocycles. The molecule has 0 aromatic carbocycles. The number of pyridine rings is 1. The van der Waals surface area contributed by atoms with Crippen molar-refractivity contribution < 1.29 is 18.3 Å². The average molecular weight is 327 g/mol. The van der Waals surface area contributed by atoms with Crippen molar-refractivity contribution in [1.82, 2.24) is 4.98 Å². The van der Waals surface area contributed by atoms with Crippen LogP contribution in [0.5, 0.6) is 0 Å². The number of hydrogen-bond acceptors (Lipinski definition) is 3. The highest BCUT2D eigenvalue weighted by molar-refractivity contribution is 14.1. The molecule has 0 atom stereocenters. The standard InChI is InChI=1S/C9H8F2INO2/c1-4-5(7(10)11)3-6(9(14)15-2)13-8(4)12/h3,7H,1-2H3. The monoisotopic (exact) mass is 327 g/mol. The molecular formula is C9H8F2INO2. The van der Waals surface area contributed by atoms with Gasteiger partial charge in [0.2, 0.25) is 0 Å². The summed E-state index contributed by atoms with van der Waals surface area (Å²) in [6, 6.07) is 1.06. The van der Waals surface area contributed by atoms with Crippen LogP contribution in [0.2, 0.25) is 0 Å². The zero-order chi connectivity index (χ0) is 11.6. The Bertz CT molecular complexity index is 396. The first-order chi connectivity index (χ1) is 6.97. The number of hydrogen-bond donors (Lipinski definition) is 0. The number of carbonyl (C=O) groups excluding carboxylic acids is 1. The maximum atomic E-state index is 12.6. The van der Waals surface area contributed by atoms with Crippen molar-refractivity contribution in [3.8, 4) is 0 Å². The van der Waals surface area contributed by atoms with Crippen molar-refractivity contribution in [2.75, 3.05) is 7.11 Å². The number of rotatable bonds is 2. The summed E-state index contributed by atoms with van der Waals surface area (Å²) in [4.78, 5) is 15.0. The lowest BCUT2D eigenvalue weighted by Gasteiger charge is -2.08. The SMILES string of the molecule is COC(=O)c1cc(C(F)F)c(C)c(I)n1. The summed E-state index contributed by atoms with van der Waals surface area (Å²) in [5.74, 6) is -0.713. The molecule has 0 amide bonds. The normalized spacial score (nSPS) is 10.5. The summed E-state index contributed by atoms with van der Waals surface area (Å²) < 4.78 is 29.9. The highest BCUT2D eigenvalue weighted by Gasteiger charge is 2.18. The van der Waals surface area contributed by atoms with Crippen LogP contribution in [0.1, 0.15) is 28.0 Å². The summed E-state index contributed by atoms with van der Waals surface area (Å²) in [5.41, 5.74) is 0.107. The van der Waals surface area contributed by atoms with E-state index in [4.69, 9.17) is 0 Å². The van der Waals surface area contributed by atoms with Gasteiger partial charge in [-0.25, -0.2) is 18.6 Å². The second-order valence-corrected chi connectivity index (χ2v) is 3.83. The van der Waals surface area contributed by atoms with Gasteiger partial charge >= 0.3 is 5.97 Å². The lowest BCUT2D eigenvalue weighted by Crippen LogP contribution is -2.08. The summed E-state index contributed by atoms with van der Waals surface area (Å²) in [6.45, 7) is 1.54. The van der Waals surface area contributed by atoms with Gasteiger partial charge in [-0.05, 0) is 41.1 Å². The zero-order valence-electron chi connectivity index (χ0n) is 8.05. The summed E-state index contributed by atoms with van der Waals surface area (Å²) in [7, 11) is 1.18. The van der Waals surface area contributed by atoms with Crippen LogP contribution in [0.25, 0.3) is 0 Å². The van der Waals surface area contributed by atoms with Crippen molar-refractivity contribution in [2.45, 2.75) is 13.3 Å². The molecule has 1 aromatic rings. The third-order valence-electron chi connectivity index (χ3n) is 1.88. The van der Waals surface area contributed by atoms with E-state index in [0.717, 1.165) is 6.07 Å². The van der Waals surface area contributed by atoms with E-state index in [1.54, 1.807) is 22.6 Å². The number of methoxy groups -OCH3 is 1. The van der Waals surface area contributed by atoms with Crippen molar-refractivity contribution in [1.29, 1.82) is 0 Å². The maximum absolute atomic E-state index is 12.6. The minimum absolute atomic E-state index is 0.0946. The van der Waals surface area contributed by atoms with Crippen LogP contribution < -0.4 is 0 Å². The maximum Gasteiger partial charge on any atom is 0.356 e. The highest BCUT2D eigenvalue weighted by Crippen LogP contribution is 2.25. The van der Waals surface area contributed by atoms with Crippen LogP contribution in [-0.2, 0) is 4.74 Å². The van der Waals surface area contributed by atoms with Gasteiger partial charge in [0.25, 0.3) is 6.43 Å². The predicted molar refractivity (Wildman–Crippen MR) is 58.0 cm³/mol. The highest BCUT2D eigenvalue weighted by atomic mass is 127. The molecule has 0 bridgehead atoms. The third-order valence-corrected chi connectivity index (χ3v) is 2.93. The second kappa shape index (κ2) is 4.82. The number of ether oxygens (including phenoxy) is 1. The summed E-state index contributed by atoms with van der Waals surface area (Å²) in [5, 5.41) is 0. The van der Waals surface area contributed by atoms with Crippen LogP contribution in [-0.4, -0.2) is 18.1 Å². The molecule has 1 rings (SSSR count). The largest absolute Gasteiger partial charge is 0.464 e. The fourth-order valence-electron chi connectivity index (χ4n) is 1.03. The number of carbonyl (C=O) groups is 1. The minimum atomic E-state index is -2.62. The van der Waals surface area contributed by atoms with Gasteiger partial charge in [0.05, 0.1) is 7.11 Å². The van der Waals surface area contributed by atoms with Gasteiger partial charge in [-0.2, -0.15) is 0 Å². The van der Waals surface area contributed by atoms with E-state index >= 15 is 0 Å². The van der Waals surface area contributed by atoms with Crippen LogP contribution in [0, 0.1) is 10.6 Å². The molecule has 15 heavy (non-hydrogen) atoms. The molecule has 6 heteroatoms. The van der Waals surface area contributed by atoms with Gasteiger partial charge in [0, 0.05) is 5.56 Å². The van der Waals surface area contributed by atoms with Crippen LogP contribution in [0.3, 0.4) is 0 Å². The number of alkyl halides is 2. The van der Waals surface area contributed by atoms with Gasteiger partial charge in [-0.3, -0.25) is 0 Å². The molecular weight excluding hydrogens is 319 g/mol. The Labute approximate surface area is 99.0 Å². The molecule has 0 unspecified atom stereocenters. The Balaban J connectivity index is 3.29. The number of esters is 1. The number of halogens is 3. The minimum Gasteiger partial charge on any atom is -0.464 e. The fraction of sp³-hybridized carbons (Fsp3) is 0.333. The Kier molecular flexibility index (Phi) is 3.95. The molecule has 82 valence electrons. The van der Waals surface area contributed by atoms with E-state index in [1.165, 1.54) is 14.0 Å². The smallest absolute Gasteiger partial charge is 0.356 e. The van der Waals surface area contributed by atoms with Gasteiger partial charge < -0.3 is 4.74 Å². The number of nitrogens with zero attached hydrogens (tertiary/aromatic N) is 1. The Morgan fingerprint density at radius 1 is 1.60 bits per heavy atom. The topological polar surface area (TPSA) is 39.2 Å². The van der Waals surface area contributed by atoms with E-state index in [0.29, 0.717) is 9.26 Å². The molecule has 0 spiro atoms. The first-order valence-corrected chi connectivity index (χ1v) is 5.08. The molecule has 0 N–H and O–H groups in total. The quantitative estimate of drug-likeness (QED) is 0.476. The van der Waals surface area contributed by atoms with Crippen molar-refractivity contribution in [3.05, 3.63) is 26.6 Å². The van der Waals surface area contributed by atoms with Gasteiger partial charge in [-0.15, -0.1) is 0 Å². The molecule has 0 radical (unpaired) electrons. The van der Waals surface area contributed by atoms with E-state index < -0.39 is 12.4 Å². The second-order valence-electron chi connectivity index (χ2n) is 2.80. The van der Waals surface area contributed by atoms with Crippen LogP contribution in [0.15, 0.2) is 6.07 Å². The van der Waals surface area contributed by atoms with Gasteiger partial charge in [-0.1, -0.05) is 0 Å². The molecule has 1 aromatic heterocycles. The van der Waals surface area contributed by atoms with E-state index in [1.807, 2.05) is 0 Å². The Morgan fingerprint density at radius 3 is 2.67 bits per heavy atom. The molecule has 1 heterocycles.